The van der Waals surface area contributed by atoms with Crippen LogP contribution in [0.3, 0.4) is 0 Å². The minimum atomic E-state index is -0.566. The molecular formula is C10H10N2O2. The Bertz CT molecular complexity index is 424. The van der Waals surface area contributed by atoms with Gasteiger partial charge in [0, 0.05) is 18.5 Å². The molecule has 1 aliphatic heterocycles. The minimum Gasteiger partial charge on any atom is -0.475 e. The number of carbonyl (C=O) groups excluding carboxylic acids is 1. The number of fused-ring (bicyclic) bond motifs is 1. The maximum absolute atomic E-state index is 11.6. The molecule has 0 bridgehead atoms. The summed E-state index contributed by atoms with van der Waals surface area (Å²) in [4.78, 5) is 11.6. The van der Waals surface area contributed by atoms with E-state index in [1.165, 1.54) is 0 Å². The fourth-order valence-electron chi connectivity index (χ4n) is 1.67. The summed E-state index contributed by atoms with van der Waals surface area (Å²) in [6, 6.07) is 5.28. The van der Waals surface area contributed by atoms with Gasteiger partial charge in [0.1, 0.15) is 5.75 Å². The summed E-state index contributed by atoms with van der Waals surface area (Å²) in [7, 11) is 0. The second-order valence-corrected chi connectivity index (χ2v) is 3.81. The van der Waals surface area contributed by atoms with Crippen LogP contribution >= 0.6 is 0 Å². The fraction of sp³-hybridized carbons (Fsp3) is 0.300. The molecule has 1 saturated carbocycles. The summed E-state index contributed by atoms with van der Waals surface area (Å²) < 4.78 is 5.63. The van der Waals surface area contributed by atoms with E-state index in [-0.39, 0.29) is 5.91 Å². The van der Waals surface area contributed by atoms with Crippen LogP contribution < -0.4 is 15.8 Å². The average Bonchev–Trinajstić information content (AvgIpc) is 2.89. The summed E-state index contributed by atoms with van der Waals surface area (Å²) in [5, 5.41) is 2.81. The second kappa shape index (κ2) is 2.20. The number of nitrogen functional groups attached to an aromatic ring is 1. The number of nitrogens with two attached hydrogens (primary N) is 1. The van der Waals surface area contributed by atoms with Crippen LogP contribution in [0.5, 0.6) is 5.75 Å². The van der Waals surface area contributed by atoms with Crippen molar-refractivity contribution in [1.82, 2.24) is 0 Å². The van der Waals surface area contributed by atoms with Crippen LogP contribution in [0.4, 0.5) is 11.4 Å². The van der Waals surface area contributed by atoms with E-state index in [1.807, 2.05) is 0 Å². The van der Waals surface area contributed by atoms with Gasteiger partial charge in [-0.3, -0.25) is 4.79 Å². The number of hydrogen-bond acceptors (Lipinski definition) is 3. The normalized spacial score (nSPS) is 21.0. The van der Waals surface area contributed by atoms with Crippen LogP contribution in [0, 0.1) is 0 Å². The van der Waals surface area contributed by atoms with Crippen LogP contribution in [0.25, 0.3) is 0 Å². The molecule has 0 radical (unpaired) electrons. The molecule has 1 heterocycles. The van der Waals surface area contributed by atoms with Crippen molar-refractivity contribution in [2.24, 2.45) is 0 Å². The van der Waals surface area contributed by atoms with Crippen molar-refractivity contribution in [3.63, 3.8) is 0 Å². The third-order valence-corrected chi connectivity index (χ3v) is 2.68. The molecule has 3 N–H and O–H groups in total. The van der Waals surface area contributed by atoms with Crippen molar-refractivity contribution in [3.05, 3.63) is 18.2 Å². The molecule has 1 aromatic rings. The molecule has 3 rings (SSSR count). The first-order valence-corrected chi connectivity index (χ1v) is 4.60. The van der Waals surface area contributed by atoms with Gasteiger partial charge in [0.15, 0.2) is 5.60 Å². The number of anilines is 2. The van der Waals surface area contributed by atoms with Crippen molar-refractivity contribution in [1.29, 1.82) is 0 Å². The summed E-state index contributed by atoms with van der Waals surface area (Å²) in [5.41, 5.74) is 6.34. The zero-order valence-electron chi connectivity index (χ0n) is 7.54. The van der Waals surface area contributed by atoms with Crippen molar-refractivity contribution < 1.29 is 9.53 Å². The van der Waals surface area contributed by atoms with E-state index < -0.39 is 5.60 Å². The predicted molar refractivity (Wildman–Crippen MR) is 52.1 cm³/mol. The molecule has 0 unspecified atom stereocenters. The number of carbonyl (C=O) groups is 1. The highest BCUT2D eigenvalue weighted by Gasteiger charge is 2.55. The van der Waals surface area contributed by atoms with E-state index in [0.29, 0.717) is 11.4 Å². The van der Waals surface area contributed by atoms with Gasteiger partial charge in [-0.25, -0.2) is 0 Å². The van der Waals surface area contributed by atoms with Gasteiger partial charge in [0.05, 0.1) is 5.69 Å². The van der Waals surface area contributed by atoms with Crippen LogP contribution in [0.1, 0.15) is 12.8 Å². The Morgan fingerprint density at radius 1 is 1.43 bits per heavy atom. The Morgan fingerprint density at radius 2 is 2.21 bits per heavy atom. The number of benzene rings is 1. The lowest BCUT2D eigenvalue weighted by atomic mass is 10.2. The van der Waals surface area contributed by atoms with Crippen molar-refractivity contribution in [3.8, 4) is 5.75 Å². The highest BCUT2D eigenvalue weighted by molar-refractivity contribution is 6.03. The zero-order chi connectivity index (χ0) is 9.76. The van der Waals surface area contributed by atoms with Crippen LogP contribution in [0.15, 0.2) is 18.2 Å². The average molecular weight is 190 g/mol. The zero-order valence-corrected chi connectivity index (χ0v) is 7.54. The van der Waals surface area contributed by atoms with Crippen molar-refractivity contribution >= 4 is 17.3 Å². The van der Waals surface area contributed by atoms with Gasteiger partial charge in [-0.05, 0) is 18.2 Å². The van der Waals surface area contributed by atoms with Gasteiger partial charge in [-0.15, -0.1) is 0 Å². The number of rotatable bonds is 0. The van der Waals surface area contributed by atoms with E-state index in [0.717, 1.165) is 18.6 Å². The topological polar surface area (TPSA) is 64.3 Å². The Morgan fingerprint density at radius 3 is 2.93 bits per heavy atom. The number of nitrogens with one attached hydrogen (secondary N) is 1. The van der Waals surface area contributed by atoms with Crippen molar-refractivity contribution in [2.45, 2.75) is 18.4 Å². The first-order valence-electron chi connectivity index (χ1n) is 4.60. The molecule has 0 atom stereocenters. The standard InChI is InChI=1S/C10H10N2O2/c11-6-1-2-8-7(5-6)12-9(13)10(14-8)3-4-10/h1-2,5H,3-4,11H2,(H,12,13). The second-order valence-electron chi connectivity index (χ2n) is 3.81. The molecule has 4 heteroatoms. The van der Waals surface area contributed by atoms with Gasteiger partial charge in [0.2, 0.25) is 0 Å². The van der Waals surface area contributed by atoms with Gasteiger partial charge < -0.3 is 15.8 Å². The maximum atomic E-state index is 11.6. The first-order chi connectivity index (χ1) is 6.70. The van der Waals surface area contributed by atoms with E-state index in [9.17, 15) is 4.79 Å². The van der Waals surface area contributed by atoms with Gasteiger partial charge in [-0.2, -0.15) is 0 Å². The SMILES string of the molecule is Nc1ccc2c(c1)NC(=O)C1(CC1)O2. The van der Waals surface area contributed by atoms with Gasteiger partial charge >= 0.3 is 0 Å². The molecule has 0 aromatic heterocycles. The molecule has 14 heavy (non-hydrogen) atoms. The van der Waals surface area contributed by atoms with Crippen molar-refractivity contribution in [2.75, 3.05) is 11.1 Å². The highest BCUT2D eigenvalue weighted by Crippen LogP contribution is 2.46. The molecule has 72 valence electrons. The highest BCUT2D eigenvalue weighted by atomic mass is 16.5. The molecule has 1 spiro atoms. The third-order valence-electron chi connectivity index (χ3n) is 2.68. The Hall–Kier alpha value is -1.71. The number of hydrogen-bond donors (Lipinski definition) is 2. The summed E-state index contributed by atoms with van der Waals surface area (Å²) in [6.45, 7) is 0. The molecule has 2 aliphatic rings. The number of amides is 1. The van der Waals surface area contributed by atoms with Crippen LogP contribution in [-0.4, -0.2) is 11.5 Å². The third kappa shape index (κ3) is 0.907. The molecule has 4 nitrogen and oxygen atoms in total. The molecule has 1 amide bonds. The summed E-state index contributed by atoms with van der Waals surface area (Å²) in [5.74, 6) is 0.673. The summed E-state index contributed by atoms with van der Waals surface area (Å²) in [6.07, 6.45) is 1.62. The molecular weight excluding hydrogens is 180 g/mol. The lowest BCUT2D eigenvalue weighted by molar-refractivity contribution is -0.125. The Kier molecular flexibility index (Phi) is 1.21. The van der Waals surface area contributed by atoms with E-state index >= 15 is 0 Å². The van der Waals surface area contributed by atoms with Crippen LogP contribution in [-0.2, 0) is 4.79 Å². The van der Waals surface area contributed by atoms with Gasteiger partial charge in [-0.1, -0.05) is 0 Å². The monoisotopic (exact) mass is 190 g/mol. The molecule has 1 aromatic carbocycles. The Labute approximate surface area is 81.0 Å². The smallest absolute Gasteiger partial charge is 0.268 e. The predicted octanol–water partition coefficient (Wildman–Crippen LogP) is 1.13. The minimum absolute atomic E-state index is 0.0457. The summed E-state index contributed by atoms with van der Waals surface area (Å²) >= 11 is 0. The molecule has 1 aliphatic carbocycles. The van der Waals surface area contributed by atoms with E-state index in [2.05, 4.69) is 5.32 Å². The molecule has 0 saturated heterocycles. The first kappa shape index (κ1) is 7.67. The van der Waals surface area contributed by atoms with E-state index in [1.54, 1.807) is 18.2 Å². The van der Waals surface area contributed by atoms with Crippen LogP contribution in [0.2, 0.25) is 0 Å². The number of ether oxygens (including phenoxy) is 1. The maximum Gasteiger partial charge on any atom is 0.268 e. The largest absolute Gasteiger partial charge is 0.475 e. The lowest BCUT2D eigenvalue weighted by Gasteiger charge is -2.25. The van der Waals surface area contributed by atoms with E-state index in [4.69, 9.17) is 10.5 Å². The quantitative estimate of drug-likeness (QED) is 0.603. The van der Waals surface area contributed by atoms with Gasteiger partial charge in [0.25, 0.3) is 5.91 Å². The lowest BCUT2D eigenvalue weighted by Crippen LogP contribution is -2.38. The fourth-order valence-corrected chi connectivity index (χ4v) is 1.67. The molecule has 1 fully saturated rings. The Balaban J connectivity index is 2.06.